The Morgan fingerprint density at radius 1 is 1.29 bits per heavy atom. The van der Waals surface area contributed by atoms with E-state index < -0.39 is 24.9 Å². The SMILES string of the molecule is O=C(NCC(O)c1cc2ccccc2s1)NCC(F)(F)F. The van der Waals surface area contributed by atoms with Crippen molar-refractivity contribution in [1.29, 1.82) is 0 Å². The van der Waals surface area contributed by atoms with E-state index in [4.69, 9.17) is 0 Å². The van der Waals surface area contributed by atoms with E-state index in [-0.39, 0.29) is 6.54 Å². The standard InChI is InChI=1S/C13H13F3N2O2S/c14-13(15,16)7-18-12(20)17-6-9(19)11-5-8-3-1-2-4-10(8)21-11/h1-5,9,19H,6-7H2,(H2,17,18,20). The van der Waals surface area contributed by atoms with Crippen molar-refractivity contribution in [3.8, 4) is 0 Å². The summed E-state index contributed by atoms with van der Waals surface area (Å²) in [5.41, 5.74) is 0. The van der Waals surface area contributed by atoms with Gasteiger partial charge in [0.15, 0.2) is 0 Å². The average Bonchev–Trinajstić information content (AvgIpc) is 2.85. The first-order valence-corrected chi connectivity index (χ1v) is 6.92. The molecule has 0 bridgehead atoms. The van der Waals surface area contributed by atoms with E-state index in [1.165, 1.54) is 11.3 Å². The number of fused-ring (bicyclic) bond motifs is 1. The Bertz CT molecular complexity index is 594. The predicted molar refractivity (Wildman–Crippen MR) is 74.2 cm³/mol. The van der Waals surface area contributed by atoms with Crippen molar-refractivity contribution in [3.63, 3.8) is 0 Å². The summed E-state index contributed by atoms with van der Waals surface area (Å²) in [7, 11) is 0. The van der Waals surface area contributed by atoms with Crippen molar-refractivity contribution in [2.24, 2.45) is 0 Å². The van der Waals surface area contributed by atoms with Gasteiger partial charge in [0.1, 0.15) is 12.6 Å². The highest BCUT2D eigenvalue weighted by Gasteiger charge is 2.27. The molecule has 114 valence electrons. The zero-order valence-electron chi connectivity index (χ0n) is 10.8. The van der Waals surface area contributed by atoms with E-state index in [0.29, 0.717) is 4.88 Å². The van der Waals surface area contributed by atoms with Crippen LogP contribution >= 0.6 is 11.3 Å². The molecule has 2 amide bonds. The van der Waals surface area contributed by atoms with Gasteiger partial charge in [-0.15, -0.1) is 11.3 Å². The summed E-state index contributed by atoms with van der Waals surface area (Å²) in [5.74, 6) is 0. The number of halogens is 3. The molecule has 1 aromatic heterocycles. The molecule has 1 atom stereocenters. The molecule has 0 aliphatic carbocycles. The number of aliphatic hydroxyl groups excluding tert-OH is 1. The Labute approximate surface area is 122 Å². The van der Waals surface area contributed by atoms with Crippen LogP contribution in [0.4, 0.5) is 18.0 Å². The van der Waals surface area contributed by atoms with E-state index in [9.17, 15) is 23.1 Å². The van der Waals surface area contributed by atoms with E-state index in [0.717, 1.165) is 10.1 Å². The second-order valence-corrected chi connectivity index (χ2v) is 5.50. The molecule has 2 aromatic rings. The minimum absolute atomic E-state index is 0.156. The number of urea groups is 1. The highest BCUT2D eigenvalue weighted by molar-refractivity contribution is 7.19. The fourth-order valence-electron chi connectivity index (χ4n) is 1.70. The number of rotatable bonds is 4. The third-order valence-corrected chi connectivity index (χ3v) is 3.90. The van der Waals surface area contributed by atoms with Gasteiger partial charge in [-0.25, -0.2) is 4.79 Å². The van der Waals surface area contributed by atoms with Gasteiger partial charge in [-0.1, -0.05) is 18.2 Å². The lowest BCUT2D eigenvalue weighted by molar-refractivity contribution is -0.122. The number of benzene rings is 1. The Hall–Kier alpha value is -1.80. The number of thiophene rings is 1. The summed E-state index contributed by atoms with van der Waals surface area (Å²) in [4.78, 5) is 11.8. The lowest BCUT2D eigenvalue weighted by Crippen LogP contribution is -2.42. The molecule has 2 rings (SSSR count). The monoisotopic (exact) mass is 318 g/mol. The molecular formula is C13H13F3N2O2S. The van der Waals surface area contributed by atoms with Crippen molar-refractivity contribution in [1.82, 2.24) is 10.6 Å². The number of amides is 2. The maximum atomic E-state index is 11.9. The number of hydrogen-bond acceptors (Lipinski definition) is 3. The number of hydrogen-bond donors (Lipinski definition) is 3. The van der Waals surface area contributed by atoms with Gasteiger partial charge in [-0.2, -0.15) is 13.2 Å². The molecule has 0 saturated heterocycles. The highest BCUT2D eigenvalue weighted by atomic mass is 32.1. The lowest BCUT2D eigenvalue weighted by Gasteiger charge is -2.12. The van der Waals surface area contributed by atoms with Crippen molar-refractivity contribution in [3.05, 3.63) is 35.2 Å². The molecule has 1 heterocycles. The van der Waals surface area contributed by atoms with Crippen molar-refractivity contribution in [2.75, 3.05) is 13.1 Å². The number of alkyl halides is 3. The van der Waals surface area contributed by atoms with Gasteiger partial charge in [-0.05, 0) is 17.5 Å². The zero-order valence-corrected chi connectivity index (χ0v) is 11.6. The third-order valence-electron chi connectivity index (χ3n) is 2.68. The van der Waals surface area contributed by atoms with Gasteiger partial charge in [0.05, 0.1) is 6.54 Å². The summed E-state index contributed by atoms with van der Waals surface area (Å²) in [6, 6.07) is 8.37. The largest absolute Gasteiger partial charge is 0.405 e. The van der Waals surface area contributed by atoms with E-state index >= 15 is 0 Å². The summed E-state index contributed by atoms with van der Waals surface area (Å²) >= 11 is 1.37. The summed E-state index contributed by atoms with van der Waals surface area (Å²) in [6.45, 7) is -1.56. The minimum Gasteiger partial charge on any atom is -0.386 e. The van der Waals surface area contributed by atoms with Gasteiger partial charge in [0.25, 0.3) is 0 Å². The Kier molecular flexibility index (Phi) is 4.69. The molecule has 4 nitrogen and oxygen atoms in total. The number of carbonyl (C=O) groups is 1. The van der Waals surface area contributed by atoms with Crippen LogP contribution in [0, 0.1) is 0 Å². The number of nitrogens with one attached hydrogen (secondary N) is 2. The first-order chi connectivity index (χ1) is 9.85. The number of aliphatic hydroxyl groups is 1. The van der Waals surface area contributed by atoms with Crippen molar-refractivity contribution < 1.29 is 23.1 Å². The van der Waals surface area contributed by atoms with Gasteiger partial charge in [0.2, 0.25) is 0 Å². The maximum absolute atomic E-state index is 11.9. The molecule has 0 aliphatic heterocycles. The normalized spacial score (nSPS) is 13.1. The van der Waals surface area contributed by atoms with E-state index in [2.05, 4.69) is 5.32 Å². The Morgan fingerprint density at radius 3 is 2.67 bits per heavy atom. The summed E-state index contributed by atoms with van der Waals surface area (Å²) in [5, 5.41) is 14.8. The van der Waals surface area contributed by atoms with Crippen molar-refractivity contribution >= 4 is 27.5 Å². The van der Waals surface area contributed by atoms with Crippen LogP contribution in [0.1, 0.15) is 11.0 Å². The van der Waals surface area contributed by atoms with Crippen LogP contribution in [0.5, 0.6) is 0 Å². The van der Waals surface area contributed by atoms with Crippen LogP contribution in [0.15, 0.2) is 30.3 Å². The second-order valence-electron chi connectivity index (χ2n) is 4.38. The van der Waals surface area contributed by atoms with E-state index in [1.807, 2.05) is 24.3 Å². The summed E-state index contributed by atoms with van der Waals surface area (Å²) < 4.78 is 36.7. The second kappa shape index (κ2) is 6.31. The van der Waals surface area contributed by atoms with Gasteiger partial charge < -0.3 is 15.7 Å². The fourth-order valence-corrected chi connectivity index (χ4v) is 2.75. The third kappa shape index (κ3) is 4.61. The lowest BCUT2D eigenvalue weighted by atomic mass is 10.2. The van der Waals surface area contributed by atoms with Crippen LogP contribution < -0.4 is 10.6 Å². The van der Waals surface area contributed by atoms with Gasteiger partial charge in [-0.3, -0.25) is 0 Å². The van der Waals surface area contributed by atoms with Crippen LogP contribution in [-0.4, -0.2) is 30.4 Å². The molecule has 0 spiro atoms. The first-order valence-electron chi connectivity index (χ1n) is 6.10. The van der Waals surface area contributed by atoms with E-state index in [1.54, 1.807) is 11.4 Å². The molecule has 1 aromatic carbocycles. The average molecular weight is 318 g/mol. The maximum Gasteiger partial charge on any atom is 0.405 e. The molecule has 1 unspecified atom stereocenters. The molecule has 0 fully saturated rings. The predicted octanol–water partition coefficient (Wildman–Crippen LogP) is 2.80. The van der Waals surface area contributed by atoms with Crippen LogP contribution in [0.25, 0.3) is 10.1 Å². The molecule has 0 saturated carbocycles. The first kappa shape index (κ1) is 15.6. The molecular weight excluding hydrogens is 305 g/mol. The quantitative estimate of drug-likeness (QED) is 0.812. The zero-order chi connectivity index (χ0) is 15.5. The van der Waals surface area contributed by atoms with Gasteiger partial charge in [0, 0.05) is 9.58 Å². The topological polar surface area (TPSA) is 61.4 Å². The molecule has 0 radical (unpaired) electrons. The van der Waals surface area contributed by atoms with Gasteiger partial charge >= 0.3 is 12.2 Å². The molecule has 8 heteroatoms. The summed E-state index contributed by atoms with van der Waals surface area (Å²) in [6.07, 6.45) is -5.42. The highest BCUT2D eigenvalue weighted by Crippen LogP contribution is 2.29. The number of carbonyl (C=O) groups excluding carboxylic acids is 1. The molecule has 0 aliphatic rings. The Balaban J connectivity index is 1.86. The minimum atomic E-state index is -4.46. The van der Waals surface area contributed by atoms with Crippen LogP contribution in [0.2, 0.25) is 0 Å². The van der Waals surface area contributed by atoms with Crippen LogP contribution in [-0.2, 0) is 0 Å². The Morgan fingerprint density at radius 2 is 2.00 bits per heavy atom. The molecule has 3 N–H and O–H groups in total. The van der Waals surface area contributed by atoms with Crippen LogP contribution in [0.3, 0.4) is 0 Å². The smallest absolute Gasteiger partial charge is 0.386 e. The van der Waals surface area contributed by atoms with Crippen molar-refractivity contribution in [2.45, 2.75) is 12.3 Å². The molecule has 21 heavy (non-hydrogen) atoms. The fraction of sp³-hybridized carbons (Fsp3) is 0.308.